The Hall–Kier alpha value is -1.64. The van der Waals surface area contributed by atoms with E-state index in [4.69, 9.17) is 0 Å². The number of rotatable bonds is 0. The van der Waals surface area contributed by atoms with E-state index in [1.807, 2.05) is 20.8 Å². The molecule has 2 aromatic rings. The maximum atomic E-state index is 13.0. The van der Waals surface area contributed by atoms with Gasteiger partial charge in [0.15, 0.2) is 5.43 Å². The van der Waals surface area contributed by atoms with Gasteiger partial charge in [0.1, 0.15) is 5.82 Å². The van der Waals surface area contributed by atoms with Crippen molar-refractivity contribution in [3.63, 3.8) is 0 Å². The van der Waals surface area contributed by atoms with Gasteiger partial charge in [0, 0.05) is 28.1 Å². The number of H-pyrrole nitrogens is 1. The quantitative estimate of drug-likeness (QED) is 0.726. The average Bonchev–Trinajstić information content (AvgIpc) is 2.17. The van der Waals surface area contributed by atoms with Gasteiger partial charge in [-0.3, -0.25) is 4.79 Å². The van der Waals surface area contributed by atoms with Gasteiger partial charge in [-0.1, -0.05) is 20.8 Å². The van der Waals surface area contributed by atoms with Crippen LogP contribution in [0.2, 0.25) is 0 Å². The van der Waals surface area contributed by atoms with Gasteiger partial charge < -0.3 is 4.98 Å². The van der Waals surface area contributed by atoms with Crippen molar-refractivity contribution >= 4 is 10.9 Å². The number of benzene rings is 1. The van der Waals surface area contributed by atoms with Crippen LogP contribution in [0.3, 0.4) is 0 Å². The second-order valence-corrected chi connectivity index (χ2v) is 4.99. The van der Waals surface area contributed by atoms with Gasteiger partial charge in [-0.2, -0.15) is 0 Å². The van der Waals surface area contributed by atoms with Crippen LogP contribution >= 0.6 is 0 Å². The standard InChI is InChI=1S/C13H14FNO/c1-13(2,3)12-7-11(16)9-6-8(14)4-5-10(9)15-12/h4-7H,1-3H3,(H,15,16). The van der Waals surface area contributed by atoms with E-state index in [0.717, 1.165) is 5.69 Å². The first kappa shape index (κ1) is 10.9. The SMILES string of the molecule is CC(C)(C)c1cc(=O)c2cc(F)ccc2[nH]1. The van der Waals surface area contributed by atoms with Crippen molar-refractivity contribution in [2.45, 2.75) is 26.2 Å². The van der Waals surface area contributed by atoms with Crippen molar-refractivity contribution in [2.75, 3.05) is 0 Å². The Morgan fingerprint density at radius 1 is 1.19 bits per heavy atom. The Bertz CT molecular complexity index is 593. The number of fused-ring (bicyclic) bond motifs is 1. The van der Waals surface area contributed by atoms with Crippen LogP contribution < -0.4 is 5.43 Å². The van der Waals surface area contributed by atoms with E-state index < -0.39 is 0 Å². The molecule has 0 saturated carbocycles. The normalized spacial score (nSPS) is 12.0. The number of hydrogen-bond donors (Lipinski definition) is 1. The molecule has 0 radical (unpaired) electrons. The molecular formula is C13H14FNO. The van der Waals surface area contributed by atoms with E-state index in [0.29, 0.717) is 10.9 Å². The Morgan fingerprint density at radius 2 is 1.88 bits per heavy atom. The van der Waals surface area contributed by atoms with Gasteiger partial charge in [0.2, 0.25) is 0 Å². The molecule has 0 spiro atoms. The van der Waals surface area contributed by atoms with Crippen molar-refractivity contribution in [1.29, 1.82) is 0 Å². The minimum atomic E-state index is -0.387. The van der Waals surface area contributed by atoms with E-state index in [-0.39, 0.29) is 16.7 Å². The molecule has 0 atom stereocenters. The van der Waals surface area contributed by atoms with Gasteiger partial charge >= 0.3 is 0 Å². The monoisotopic (exact) mass is 219 g/mol. The predicted molar refractivity (Wildman–Crippen MR) is 63.2 cm³/mol. The van der Waals surface area contributed by atoms with Crippen LogP contribution in [-0.4, -0.2) is 4.98 Å². The number of aromatic nitrogens is 1. The molecule has 0 aliphatic rings. The molecule has 2 nitrogen and oxygen atoms in total. The lowest BCUT2D eigenvalue weighted by atomic mass is 9.91. The Morgan fingerprint density at radius 3 is 2.50 bits per heavy atom. The van der Waals surface area contributed by atoms with E-state index in [1.165, 1.54) is 12.1 Å². The Balaban J connectivity index is 2.79. The summed E-state index contributed by atoms with van der Waals surface area (Å²) in [5, 5.41) is 0.396. The molecule has 0 saturated heterocycles. The van der Waals surface area contributed by atoms with Crippen LogP contribution in [0.15, 0.2) is 29.1 Å². The molecule has 0 aliphatic heterocycles. The summed E-state index contributed by atoms with van der Waals surface area (Å²) in [5.41, 5.74) is 1.27. The molecule has 1 N–H and O–H groups in total. The zero-order valence-corrected chi connectivity index (χ0v) is 9.60. The fourth-order valence-corrected chi connectivity index (χ4v) is 1.62. The lowest BCUT2D eigenvalue weighted by Crippen LogP contribution is -2.17. The maximum Gasteiger partial charge on any atom is 0.189 e. The van der Waals surface area contributed by atoms with Crippen molar-refractivity contribution in [3.8, 4) is 0 Å². The third kappa shape index (κ3) is 1.85. The summed E-state index contributed by atoms with van der Waals surface area (Å²) < 4.78 is 13.0. The second kappa shape index (κ2) is 3.44. The number of aromatic amines is 1. The highest BCUT2D eigenvalue weighted by atomic mass is 19.1. The lowest BCUT2D eigenvalue weighted by molar-refractivity contribution is 0.571. The first-order chi connectivity index (χ1) is 7.38. The molecule has 1 heterocycles. The number of nitrogens with one attached hydrogen (secondary N) is 1. The summed E-state index contributed by atoms with van der Waals surface area (Å²) in [6.07, 6.45) is 0. The fraction of sp³-hybridized carbons (Fsp3) is 0.308. The van der Waals surface area contributed by atoms with Crippen LogP contribution in [0.5, 0.6) is 0 Å². The first-order valence-electron chi connectivity index (χ1n) is 5.21. The Labute approximate surface area is 93.1 Å². The summed E-state index contributed by atoms with van der Waals surface area (Å²) in [6.45, 7) is 6.06. The van der Waals surface area contributed by atoms with E-state index in [9.17, 15) is 9.18 Å². The smallest absolute Gasteiger partial charge is 0.189 e. The van der Waals surface area contributed by atoms with Gasteiger partial charge in [-0.15, -0.1) is 0 Å². The third-order valence-corrected chi connectivity index (χ3v) is 2.60. The summed E-state index contributed by atoms with van der Waals surface area (Å²) in [5.74, 6) is -0.387. The first-order valence-corrected chi connectivity index (χ1v) is 5.21. The van der Waals surface area contributed by atoms with E-state index in [2.05, 4.69) is 4.98 Å². The maximum absolute atomic E-state index is 13.0. The van der Waals surface area contributed by atoms with Crippen LogP contribution in [0.1, 0.15) is 26.5 Å². The lowest BCUT2D eigenvalue weighted by Gasteiger charge is -2.18. The molecule has 2 rings (SSSR count). The number of halogens is 1. The predicted octanol–water partition coefficient (Wildman–Crippen LogP) is 2.96. The number of hydrogen-bond acceptors (Lipinski definition) is 1. The molecule has 0 fully saturated rings. The van der Waals surface area contributed by atoms with Gasteiger partial charge in [0.25, 0.3) is 0 Å². The second-order valence-electron chi connectivity index (χ2n) is 4.99. The highest BCUT2D eigenvalue weighted by Gasteiger charge is 2.16. The molecule has 16 heavy (non-hydrogen) atoms. The van der Waals surface area contributed by atoms with Crippen LogP contribution in [0.25, 0.3) is 10.9 Å². The van der Waals surface area contributed by atoms with Crippen LogP contribution in [-0.2, 0) is 5.41 Å². The van der Waals surface area contributed by atoms with Crippen molar-refractivity contribution in [3.05, 3.63) is 46.0 Å². The molecular weight excluding hydrogens is 205 g/mol. The van der Waals surface area contributed by atoms with Crippen molar-refractivity contribution in [1.82, 2.24) is 4.98 Å². The van der Waals surface area contributed by atoms with Gasteiger partial charge in [0.05, 0.1) is 0 Å². The molecule has 1 aromatic heterocycles. The van der Waals surface area contributed by atoms with E-state index >= 15 is 0 Å². The summed E-state index contributed by atoms with van der Waals surface area (Å²) in [7, 11) is 0. The molecule has 0 bridgehead atoms. The molecule has 1 aromatic carbocycles. The summed E-state index contributed by atoms with van der Waals surface area (Å²) in [4.78, 5) is 15.0. The highest BCUT2D eigenvalue weighted by molar-refractivity contribution is 5.78. The fourth-order valence-electron chi connectivity index (χ4n) is 1.62. The van der Waals surface area contributed by atoms with Crippen molar-refractivity contribution in [2.24, 2.45) is 0 Å². The summed E-state index contributed by atoms with van der Waals surface area (Å²) in [6, 6.07) is 5.76. The van der Waals surface area contributed by atoms with Crippen molar-refractivity contribution < 1.29 is 4.39 Å². The topological polar surface area (TPSA) is 32.9 Å². The Kier molecular flexibility index (Phi) is 2.34. The largest absolute Gasteiger partial charge is 0.358 e. The van der Waals surface area contributed by atoms with Crippen LogP contribution in [0, 0.1) is 5.82 Å². The zero-order chi connectivity index (χ0) is 11.9. The third-order valence-electron chi connectivity index (χ3n) is 2.60. The minimum absolute atomic E-state index is 0.123. The van der Waals surface area contributed by atoms with E-state index in [1.54, 1.807) is 12.1 Å². The zero-order valence-electron chi connectivity index (χ0n) is 9.60. The highest BCUT2D eigenvalue weighted by Crippen LogP contribution is 2.20. The molecule has 0 unspecified atom stereocenters. The number of pyridine rings is 1. The average molecular weight is 219 g/mol. The minimum Gasteiger partial charge on any atom is -0.358 e. The molecule has 3 heteroatoms. The van der Waals surface area contributed by atoms with Gasteiger partial charge in [-0.25, -0.2) is 4.39 Å². The molecule has 0 aliphatic carbocycles. The summed E-state index contributed by atoms with van der Waals surface area (Å²) >= 11 is 0. The molecule has 84 valence electrons. The van der Waals surface area contributed by atoms with Gasteiger partial charge in [-0.05, 0) is 18.2 Å². The van der Waals surface area contributed by atoms with Crippen LogP contribution in [0.4, 0.5) is 4.39 Å². The molecule has 0 amide bonds.